The van der Waals surface area contributed by atoms with Crippen LogP contribution in [0.4, 0.5) is 11.5 Å². The van der Waals surface area contributed by atoms with E-state index < -0.39 is 4.92 Å². The molecule has 0 radical (unpaired) electrons. The first-order valence-corrected chi connectivity index (χ1v) is 7.13. The molecular formula is C13H20N6O2. The molecule has 0 aromatic carbocycles. The molecule has 1 atom stereocenters. The first kappa shape index (κ1) is 15.3. The Hall–Kier alpha value is -2.14. The molecule has 0 saturated carbocycles. The van der Waals surface area contributed by atoms with Gasteiger partial charge < -0.3 is 4.90 Å². The monoisotopic (exact) mass is 292 g/mol. The topological polar surface area (TPSA) is 91.2 Å². The van der Waals surface area contributed by atoms with E-state index in [1.165, 1.54) is 10.9 Å². The molecule has 2 rings (SSSR count). The van der Waals surface area contributed by atoms with E-state index in [9.17, 15) is 15.4 Å². The Balaban J connectivity index is 2.04. The number of anilines is 1. The second kappa shape index (κ2) is 6.54. The van der Waals surface area contributed by atoms with Crippen molar-refractivity contribution in [2.45, 2.75) is 25.8 Å². The van der Waals surface area contributed by atoms with Crippen molar-refractivity contribution in [3.05, 3.63) is 16.3 Å². The van der Waals surface area contributed by atoms with E-state index in [2.05, 4.69) is 23.0 Å². The standard InChI is InChI=1S/C13H20N6O2/c1-3-4-11(9-14)17-5-7-18(8-6-17)13-12(19(20)21)10-16(2)15-13/h10-11H,3-8H2,1-2H3. The molecule has 21 heavy (non-hydrogen) atoms. The number of nitriles is 1. The van der Waals surface area contributed by atoms with E-state index in [1.54, 1.807) is 7.05 Å². The second-order valence-electron chi connectivity index (χ2n) is 5.23. The molecule has 0 bridgehead atoms. The van der Waals surface area contributed by atoms with Crippen molar-refractivity contribution in [3.8, 4) is 6.07 Å². The maximum atomic E-state index is 11.1. The minimum atomic E-state index is -0.399. The van der Waals surface area contributed by atoms with Gasteiger partial charge in [-0.3, -0.25) is 19.7 Å². The van der Waals surface area contributed by atoms with E-state index in [0.717, 1.165) is 25.9 Å². The highest BCUT2D eigenvalue weighted by molar-refractivity contribution is 5.57. The molecule has 1 aliphatic rings. The van der Waals surface area contributed by atoms with E-state index in [0.29, 0.717) is 18.9 Å². The Bertz CT molecular complexity index is 541. The van der Waals surface area contributed by atoms with Crippen LogP contribution in [0, 0.1) is 21.4 Å². The Morgan fingerprint density at radius 3 is 2.67 bits per heavy atom. The summed E-state index contributed by atoms with van der Waals surface area (Å²) < 4.78 is 1.47. The summed E-state index contributed by atoms with van der Waals surface area (Å²) in [7, 11) is 1.68. The summed E-state index contributed by atoms with van der Waals surface area (Å²) in [6, 6.07) is 2.28. The number of hydrogen-bond donors (Lipinski definition) is 0. The van der Waals surface area contributed by atoms with Crippen LogP contribution < -0.4 is 4.90 Å². The van der Waals surface area contributed by atoms with Crippen LogP contribution in [0.1, 0.15) is 19.8 Å². The lowest BCUT2D eigenvalue weighted by Gasteiger charge is -2.36. The lowest BCUT2D eigenvalue weighted by Crippen LogP contribution is -2.50. The molecule has 0 spiro atoms. The Labute approximate surface area is 123 Å². The van der Waals surface area contributed by atoms with Crippen molar-refractivity contribution in [1.82, 2.24) is 14.7 Å². The molecule has 1 saturated heterocycles. The molecule has 0 aliphatic carbocycles. The van der Waals surface area contributed by atoms with Gasteiger partial charge in [-0.05, 0) is 6.42 Å². The van der Waals surface area contributed by atoms with Crippen LogP contribution in [0.3, 0.4) is 0 Å². The minimum absolute atomic E-state index is 0.0383. The molecule has 8 heteroatoms. The molecule has 0 N–H and O–H groups in total. The zero-order valence-electron chi connectivity index (χ0n) is 12.4. The lowest BCUT2D eigenvalue weighted by molar-refractivity contribution is -0.384. The van der Waals surface area contributed by atoms with Crippen molar-refractivity contribution in [1.29, 1.82) is 5.26 Å². The van der Waals surface area contributed by atoms with Gasteiger partial charge in [0, 0.05) is 33.2 Å². The van der Waals surface area contributed by atoms with Gasteiger partial charge in [0.1, 0.15) is 6.20 Å². The van der Waals surface area contributed by atoms with Gasteiger partial charge in [0.05, 0.1) is 17.0 Å². The normalized spacial score (nSPS) is 17.5. The number of aryl methyl sites for hydroxylation is 1. The molecule has 0 amide bonds. The average Bonchev–Trinajstić information content (AvgIpc) is 2.87. The fraction of sp³-hybridized carbons (Fsp3) is 0.692. The van der Waals surface area contributed by atoms with Gasteiger partial charge in [-0.1, -0.05) is 13.3 Å². The molecule has 1 aliphatic heterocycles. The largest absolute Gasteiger partial charge is 0.347 e. The first-order valence-electron chi connectivity index (χ1n) is 7.13. The van der Waals surface area contributed by atoms with E-state index in [-0.39, 0.29) is 11.7 Å². The molecule has 2 heterocycles. The number of nitro groups is 1. The van der Waals surface area contributed by atoms with Crippen LogP contribution >= 0.6 is 0 Å². The van der Waals surface area contributed by atoms with Gasteiger partial charge in [0.25, 0.3) is 0 Å². The summed E-state index contributed by atoms with van der Waals surface area (Å²) in [5.74, 6) is 0.422. The highest BCUT2D eigenvalue weighted by Gasteiger charge is 2.29. The smallest absolute Gasteiger partial charge is 0.330 e. The Morgan fingerprint density at radius 1 is 1.48 bits per heavy atom. The van der Waals surface area contributed by atoms with Crippen LogP contribution in [-0.2, 0) is 7.05 Å². The predicted octanol–water partition coefficient (Wildman–Crippen LogP) is 1.14. The van der Waals surface area contributed by atoms with Crippen molar-refractivity contribution in [2.24, 2.45) is 7.05 Å². The van der Waals surface area contributed by atoms with E-state index in [1.807, 2.05) is 4.90 Å². The van der Waals surface area contributed by atoms with Crippen LogP contribution in [0.25, 0.3) is 0 Å². The second-order valence-corrected chi connectivity index (χ2v) is 5.23. The summed E-state index contributed by atoms with van der Waals surface area (Å²) in [5, 5.41) is 24.5. The molecule has 8 nitrogen and oxygen atoms in total. The van der Waals surface area contributed by atoms with Crippen molar-refractivity contribution in [3.63, 3.8) is 0 Å². The number of aromatic nitrogens is 2. The van der Waals surface area contributed by atoms with Gasteiger partial charge in [0.15, 0.2) is 0 Å². The molecule has 114 valence electrons. The SMILES string of the molecule is CCCC(C#N)N1CCN(c2nn(C)cc2[N+](=O)[O-])CC1. The van der Waals surface area contributed by atoms with Crippen LogP contribution in [0.2, 0.25) is 0 Å². The Kier molecular flexibility index (Phi) is 4.75. The third-order valence-corrected chi connectivity index (χ3v) is 3.75. The number of rotatable bonds is 5. The minimum Gasteiger partial charge on any atom is -0.347 e. The van der Waals surface area contributed by atoms with Gasteiger partial charge in [0.2, 0.25) is 5.82 Å². The lowest BCUT2D eigenvalue weighted by atomic mass is 10.1. The summed E-state index contributed by atoms with van der Waals surface area (Å²) in [6.45, 7) is 4.83. The predicted molar refractivity (Wildman–Crippen MR) is 78.0 cm³/mol. The van der Waals surface area contributed by atoms with Crippen molar-refractivity contribution >= 4 is 11.5 Å². The molecule has 1 aromatic rings. The van der Waals surface area contributed by atoms with Gasteiger partial charge in [-0.25, -0.2) is 0 Å². The fourth-order valence-electron chi connectivity index (χ4n) is 2.67. The number of hydrogen-bond acceptors (Lipinski definition) is 6. The highest BCUT2D eigenvalue weighted by Crippen LogP contribution is 2.27. The highest BCUT2D eigenvalue weighted by atomic mass is 16.6. The summed E-state index contributed by atoms with van der Waals surface area (Å²) >= 11 is 0. The maximum Gasteiger partial charge on any atom is 0.330 e. The van der Waals surface area contributed by atoms with E-state index in [4.69, 9.17) is 0 Å². The maximum absolute atomic E-state index is 11.1. The number of piperazine rings is 1. The third kappa shape index (κ3) is 3.31. The third-order valence-electron chi connectivity index (χ3n) is 3.75. The number of nitrogens with zero attached hydrogens (tertiary/aromatic N) is 6. The van der Waals surface area contributed by atoms with Crippen molar-refractivity contribution < 1.29 is 4.92 Å². The van der Waals surface area contributed by atoms with Gasteiger partial charge in [-0.2, -0.15) is 5.26 Å². The summed E-state index contributed by atoms with van der Waals surface area (Å²) in [6.07, 6.45) is 3.27. The molecule has 1 aromatic heterocycles. The zero-order chi connectivity index (χ0) is 15.4. The molecule has 1 unspecified atom stereocenters. The van der Waals surface area contributed by atoms with Crippen LogP contribution in [0.15, 0.2) is 6.20 Å². The van der Waals surface area contributed by atoms with Crippen molar-refractivity contribution in [2.75, 3.05) is 31.1 Å². The molecular weight excluding hydrogens is 272 g/mol. The molecule has 1 fully saturated rings. The van der Waals surface area contributed by atoms with Gasteiger partial charge in [-0.15, -0.1) is 5.10 Å². The summed E-state index contributed by atoms with van der Waals surface area (Å²) in [4.78, 5) is 14.7. The van der Waals surface area contributed by atoms with Crippen LogP contribution in [0.5, 0.6) is 0 Å². The Morgan fingerprint density at radius 2 is 2.14 bits per heavy atom. The zero-order valence-corrected chi connectivity index (χ0v) is 12.4. The average molecular weight is 292 g/mol. The van der Waals surface area contributed by atoms with Crippen LogP contribution in [-0.4, -0.2) is 51.8 Å². The first-order chi connectivity index (χ1) is 10.1. The fourth-order valence-corrected chi connectivity index (χ4v) is 2.67. The summed E-state index contributed by atoms with van der Waals surface area (Å²) in [5.41, 5.74) is 0.0383. The van der Waals surface area contributed by atoms with Gasteiger partial charge >= 0.3 is 5.69 Å². The van der Waals surface area contributed by atoms with E-state index >= 15 is 0 Å². The quantitative estimate of drug-likeness (QED) is 0.597.